The number of nitrogens with zero attached hydrogens (tertiary/aromatic N) is 1. The summed E-state index contributed by atoms with van der Waals surface area (Å²) in [5.74, 6) is 0.740. The van der Waals surface area contributed by atoms with Gasteiger partial charge in [-0.2, -0.15) is 0 Å². The van der Waals surface area contributed by atoms with E-state index in [9.17, 15) is 14.4 Å². The van der Waals surface area contributed by atoms with Crippen LogP contribution in [0.15, 0.2) is 0 Å². The summed E-state index contributed by atoms with van der Waals surface area (Å²) in [6, 6.07) is 0. The fraction of sp³-hybridized carbons (Fsp3) is 0.942. The summed E-state index contributed by atoms with van der Waals surface area (Å²) in [7, 11) is 4.13. The Morgan fingerprint density at radius 3 is 1.34 bits per heavy atom. The van der Waals surface area contributed by atoms with Crippen LogP contribution >= 0.6 is 0 Å². The van der Waals surface area contributed by atoms with Crippen LogP contribution < -0.4 is 0 Å². The monoisotopic (exact) mass is 820 g/mol. The zero-order chi connectivity index (χ0) is 43.3. The molecule has 0 aromatic rings. The fourth-order valence-electron chi connectivity index (χ4n) is 8.22. The van der Waals surface area contributed by atoms with Crippen LogP contribution in [-0.2, 0) is 23.9 Å². The second-order valence-electron chi connectivity index (χ2n) is 19.9. The third kappa shape index (κ3) is 33.3. The van der Waals surface area contributed by atoms with Crippen LogP contribution in [0.5, 0.6) is 0 Å². The largest absolute Gasteiger partial charge is 0.465 e. The van der Waals surface area contributed by atoms with Crippen molar-refractivity contribution in [1.82, 2.24) is 4.90 Å². The fourth-order valence-corrected chi connectivity index (χ4v) is 8.22. The van der Waals surface area contributed by atoms with Gasteiger partial charge in [0.25, 0.3) is 0 Å². The molecule has 0 aliphatic rings. The second kappa shape index (κ2) is 37.3. The van der Waals surface area contributed by atoms with Crippen molar-refractivity contribution in [3.8, 4) is 0 Å². The van der Waals surface area contributed by atoms with E-state index >= 15 is 0 Å². The zero-order valence-corrected chi connectivity index (χ0v) is 40.6. The molecule has 0 aliphatic heterocycles. The standard InChI is InChI=1S/C52H101NO5/c1-10-13-16-19-22-25-34-44-57-49(55)51(4,5)41-32-26-28-36-46(45-47(54)38-35-43-53(8)9)37-29-27-33-42-52(6,7)50(56)58-48(39-30-23-20-17-14-11-2)40-31-24-21-18-15-12-3/h46,48H,10-45H2,1-9H3. The van der Waals surface area contributed by atoms with Crippen molar-refractivity contribution in [1.29, 1.82) is 0 Å². The highest BCUT2D eigenvalue weighted by Crippen LogP contribution is 2.31. The highest BCUT2D eigenvalue weighted by molar-refractivity contribution is 5.78. The van der Waals surface area contributed by atoms with Gasteiger partial charge in [0.15, 0.2) is 0 Å². The Morgan fingerprint density at radius 2 is 0.879 bits per heavy atom. The van der Waals surface area contributed by atoms with E-state index in [1.54, 1.807) is 0 Å². The highest BCUT2D eigenvalue weighted by Gasteiger charge is 2.31. The Morgan fingerprint density at radius 1 is 0.483 bits per heavy atom. The maximum Gasteiger partial charge on any atom is 0.311 e. The predicted octanol–water partition coefficient (Wildman–Crippen LogP) is 15.6. The Hall–Kier alpha value is -1.43. The lowest BCUT2D eigenvalue weighted by Gasteiger charge is -2.27. The number of Topliss-reactive ketones (excluding diaryl/α,β-unsaturated/α-hetero) is 1. The van der Waals surface area contributed by atoms with Crippen molar-refractivity contribution in [3.05, 3.63) is 0 Å². The maximum atomic E-state index is 13.5. The number of rotatable bonds is 43. The maximum absolute atomic E-state index is 13.5. The van der Waals surface area contributed by atoms with Crippen molar-refractivity contribution >= 4 is 17.7 Å². The van der Waals surface area contributed by atoms with Crippen LogP contribution in [0.3, 0.4) is 0 Å². The van der Waals surface area contributed by atoms with Crippen LogP contribution in [0.4, 0.5) is 0 Å². The minimum atomic E-state index is -0.476. The summed E-state index contributed by atoms with van der Waals surface area (Å²) in [4.78, 5) is 41.6. The number of esters is 2. The topological polar surface area (TPSA) is 72.9 Å². The molecule has 58 heavy (non-hydrogen) atoms. The lowest BCUT2D eigenvalue weighted by Crippen LogP contribution is -2.31. The Balaban J connectivity index is 4.88. The first-order valence-corrected chi connectivity index (χ1v) is 25.3. The van der Waals surface area contributed by atoms with Crippen molar-refractivity contribution in [2.75, 3.05) is 27.2 Å². The normalized spacial score (nSPS) is 12.7. The van der Waals surface area contributed by atoms with Gasteiger partial charge in [0.2, 0.25) is 0 Å². The Bertz CT molecular complexity index is 959. The molecule has 0 fully saturated rings. The SMILES string of the molecule is CCCCCCCCCOC(=O)C(C)(C)CCCCCC(CCCCCC(C)(C)C(=O)OC(CCCCCCCC)CCCCCCCC)CC(=O)CCCN(C)C. The lowest BCUT2D eigenvalue weighted by atomic mass is 9.84. The van der Waals surface area contributed by atoms with Crippen LogP contribution in [0, 0.1) is 16.7 Å². The molecule has 6 heteroatoms. The first kappa shape index (κ1) is 56.6. The molecule has 0 saturated carbocycles. The van der Waals surface area contributed by atoms with Crippen molar-refractivity contribution in [3.63, 3.8) is 0 Å². The van der Waals surface area contributed by atoms with E-state index < -0.39 is 10.8 Å². The Labute approximate surface area is 362 Å². The molecule has 0 bridgehead atoms. The summed E-state index contributed by atoms with van der Waals surface area (Å²) >= 11 is 0. The summed E-state index contributed by atoms with van der Waals surface area (Å²) in [6.07, 6.45) is 38.2. The molecule has 0 aromatic carbocycles. The number of carbonyl (C=O) groups excluding carboxylic acids is 3. The van der Waals surface area contributed by atoms with Gasteiger partial charge in [0.05, 0.1) is 17.4 Å². The van der Waals surface area contributed by atoms with Gasteiger partial charge in [0.1, 0.15) is 11.9 Å². The van der Waals surface area contributed by atoms with E-state index in [1.807, 2.05) is 13.8 Å². The third-order valence-electron chi connectivity index (χ3n) is 12.5. The van der Waals surface area contributed by atoms with Gasteiger partial charge < -0.3 is 14.4 Å². The molecule has 0 saturated heterocycles. The summed E-state index contributed by atoms with van der Waals surface area (Å²) in [6.45, 7) is 16.5. The average Bonchev–Trinajstić information content (AvgIpc) is 3.17. The van der Waals surface area contributed by atoms with E-state index in [0.717, 1.165) is 116 Å². The lowest BCUT2D eigenvalue weighted by molar-refractivity contribution is -0.161. The number of ether oxygens (including phenoxy) is 2. The number of carbonyl (C=O) groups is 3. The first-order chi connectivity index (χ1) is 27.8. The van der Waals surface area contributed by atoms with Crippen LogP contribution in [-0.4, -0.2) is 56.0 Å². The molecule has 0 spiro atoms. The van der Waals surface area contributed by atoms with E-state index in [2.05, 4.69) is 53.6 Å². The van der Waals surface area contributed by atoms with E-state index in [-0.39, 0.29) is 18.0 Å². The van der Waals surface area contributed by atoms with Gasteiger partial charge in [-0.25, -0.2) is 0 Å². The van der Waals surface area contributed by atoms with Gasteiger partial charge in [-0.1, -0.05) is 175 Å². The van der Waals surface area contributed by atoms with Crippen LogP contribution in [0.1, 0.15) is 267 Å². The van der Waals surface area contributed by atoms with Crippen molar-refractivity contribution < 1.29 is 23.9 Å². The number of hydrogen-bond donors (Lipinski definition) is 0. The molecular formula is C52H101NO5. The molecule has 344 valence electrons. The summed E-state index contributed by atoms with van der Waals surface area (Å²) in [5, 5.41) is 0. The third-order valence-corrected chi connectivity index (χ3v) is 12.5. The molecule has 0 N–H and O–H groups in total. The highest BCUT2D eigenvalue weighted by atomic mass is 16.5. The number of ketones is 1. The molecule has 1 atom stereocenters. The van der Waals surface area contributed by atoms with E-state index in [1.165, 1.54) is 96.3 Å². The average molecular weight is 820 g/mol. The molecule has 0 rings (SSSR count). The summed E-state index contributed by atoms with van der Waals surface area (Å²) < 4.78 is 12.0. The number of unbranched alkanes of at least 4 members (excludes halogenated alkanes) is 20. The van der Waals surface area contributed by atoms with E-state index in [0.29, 0.717) is 31.1 Å². The van der Waals surface area contributed by atoms with Gasteiger partial charge >= 0.3 is 11.9 Å². The van der Waals surface area contributed by atoms with Gasteiger partial charge in [0, 0.05) is 12.8 Å². The smallest absolute Gasteiger partial charge is 0.311 e. The molecule has 0 amide bonds. The molecular weight excluding hydrogens is 719 g/mol. The number of hydrogen-bond acceptors (Lipinski definition) is 6. The minimum Gasteiger partial charge on any atom is -0.465 e. The Kier molecular flexibility index (Phi) is 36.4. The molecule has 1 unspecified atom stereocenters. The van der Waals surface area contributed by atoms with E-state index in [4.69, 9.17) is 9.47 Å². The van der Waals surface area contributed by atoms with Crippen LogP contribution in [0.25, 0.3) is 0 Å². The zero-order valence-electron chi connectivity index (χ0n) is 40.6. The molecule has 0 aliphatic carbocycles. The van der Waals surface area contributed by atoms with Crippen molar-refractivity contribution in [2.24, 2.45) is 16.7 Å². The van der Waals surface area contributed by atoms with Crippen LogP contribution in [0.2, 0.25) is 0 Å². The van der Waals surface area contributed by atoms with Crippen molar-refractivity contribution in [2.45, 2.75) is 273 Å². The molecule has 0 radical (unpaired) electrons. The molecule has 0 aromatic heterocycles. The molecule has 6 nitrogen and oxygen atoms in total. The minimum absolute atomic E-state index is 0.0136. The first-order valence-electron chi connectivity index (χ1n) is 25.3. The van der Waals surface area contributed by atoms with Gasteiger partial charge in [-0.15, -0.1) is 0 Å². The van der Waals surface area contributed by atoms with Gasteiger partial charge in [-0.3, -0.25) is 14.4 Å². The summed E-state index contributed by atoms with van der Waals surface area (Å²) in [5.41, 5.74) is -0.928. The quantitative estimate of drug-likeness (QED) is 0.0451. The molecule has 0 heterocycles. The second-order valence-corrected chi connectivity index (χ2v) is 19.9. The van der Waals surface area contributed by atoms with Gasteiger partial charge in [-0.05, 0) is 106 Å². The predicted molar refractivity (Wildman–Crippen MR) is 249 cm³/mol.